The molecule has 0 spiro atoms. The van der Waals surface area contributed by atoms with Gasteiger partial charge in [-0.05, 0) is 0 Å². The molecule has 0 aliphatic heterocycles. The molecule has 0 aromatic heterocycles. The van der Waals surface area contributed by atoms with Gasteiger partial charge < -0.3 is 5.11 Å². The van der Waals surface area contributed by atoms with Crippen molar-refractivity contribution in [2.75, 3.05) is 12.4 Å². The zero-order chi connectivity index (χ0) is 4.99. The van der Waals surface area contributed by atoms with Crippen LogP contribution < -0.4 is 0 Å². The van der Waals surface area contributed by atoms with Crippen molar-refractivity contribution >= 4 is 49.2 Å². The largest absolute Gasteiger partial charge is 0.395 e. The number of aliphatic hydroxyl groups is 1. The van der Waals surface area contributed by atoms with Crippen molar-refractivity contribution in [3.8, 4) is 0 Å². The molecule has 0 aromatic rings. The van der Waals surface area contributed by atoms with Gasteiger partial charge in [-0.2, -0.15) is 25.3 Å². The first-order chi connectivity index (χ1) is 2.81. The summed E-state index contributed by atoms with van der Waals surface area (Å²) in [6, 6.07) is 0. The van der Waals surface area contributed by atoms with E-state index in [-0.39, 0.29) is 35.8 Å². The van der Waals surface area contributed by atoms with E-state index in [0.717, 1.165) is 0 Å². The van der Waals surface area contributed by atoms with Crippen molar-refractivity contribution in [3.05, 3.63) is 0 Å². The predicted molar refractivity (Wildman–Crippen MR) is 39.5 cm³/mol. The van der Waals surface area contributed by atoms with E-state index in [1.165, 1.54) is 0 Å². The summed E-state index contributed by atoms with van der Waals surface area (Å²) in [4.78, 5) is 0. The molecule has 0 aliphatic carbocycles. The van der Waals surface area contributed by atoms with Gasteiger partial charge in [0.1, 0.15) is 0 Å². The van der Waals surface area contributed by atoms with Crippen molar-refractivity contribution in [1.29, 1.82) is 0 Å². The summed E-state index contributed by atoms with van der Waals surface area (Å²) >= 11 is 7.76. The molecule has 0 heterocycles. The van der Waals surface area contributed by atoms with Crippen LogP contribution in [-0.2, 0) is 0 Å². The molecule has 0 rings (SSSR count). The van der Waals surface area contributed by atoms with Crippen LogP contribution in [0.15, 0.2) is 0 Å². The average molecular weight is 243 g/mol. The number of hydrogen-bond donors (Lipinski definition) is 3. The molecular formula is C3H8OS2Sn. The van der Waals surface area contributed by atoms with Gasteiger partial charge in [0.2, 0.25) is 0 Å². The van der Waals surface area contributed by atoms with Crippen molar-refractivity contribution in [2.45, 2.75) is 5.25 Å². The zero-order valence-electron chi connectivity index (χ0n) is 3.83. The molecule has 1 nitrogen and oxygen atoms in total. The minimum absolute atomic E-state index is 0. The monoisotopic (exact) mass is 244 g/mol. The quantitative estimate of drug-likeness (QED) is 0.454. The maximum Gasteiger partial charge on any atom is 0.0555 e. The zero-order valence-corrected chi connectivity index (χ0v) is 8.48. The van der Waals surface area contributed by atoms with E-state index in [9.17, 15) is 0 Å². The molecule has 0 amide bonds. The first-order valence-electron chi connectivity index (χ1n) is 1.71. The Balaban J connectivity index is 0. The molecule has 7 heavy (non-hydrogen) atoms. The summed E-state index contributed by atoms with van der Waals surface area (Å²) in [5.41, 5.74) is 0. The Hall–Kier alpha value is 1.46. The summed E-state index contributed by atoms with van der Waals surface area (Å²) in [6.45, 7) is 0.118. The molecule has 0 saturated carbocycles. The maximum absolute atomic E-state index is 8.21. The standard InChI is InChI=1S/C3H8OS2.Sn/c4-1-3(6)2-5;/h3-6H,1-2H2;. The molecule has 0 aliphatic rings. The van der Waals surface area contributed by atoms with Gasteiger partial charge in [-0.15, -0.1) is 0 Å². The fourth-order valence-electron chi connectivity index (χ4n) is 0.0577. The van der Waals surface area contributed by atoms with E-state index < -0.39 is 0 Å². The molecule has 1 unspecified atom stereocenters. The van der Waals surface area contributed by atoms with Gasteiger partial charge in [-0.25, -0.2) is 0 Å². The van der Waals surface area contributed by atoms with E-state index in [1.54, 1.807) is 0 Å². The molecule has 1 atom stereocenters. The molecular weight excluding hydrogens is 235 g/mol. The van der Waals surface area contributed by atoms with E-state index in [1.807, 2.05) is 0 Å². The molecule has 4 radical (unpaired) electrons. The minimum atomic E-state index is 0. The molecule has 4 heteroatoms. The van der Waals surface area contributed by atoms with E-state index in [4.69, 9.17) is 5.11 Å². The molecule has 0 saturated heterocycles. The third-order valence-electron chi connectivity index (χ3n) is 0.421. The summed E-state index contributed by atoms with van der Waals surface area (Å²) in [5.74, 6) is 0.639. The third-order valence-corrected chi connectivity index (χ3v) is 1.50. The fraction of sp³-hybridized carbons (Fsp3) is 1.00. The van der Waals surface area contributed by atoms with Crippen LogP contribution in [0.3, 0.4) is 0 Å². The van der Waals surface area contributed by atoms with Gasteiger partial charge in [0.25, 0.3) is 0 Å². The van der Waals surface area contributed by atoms with Crippen LogP contribution in [0.4, 0.5) is 0 Å². The third kappa shape index (κ3) is 7.46. The Labute approximate surface area is 71.7 Å². The van der Waals surface area contributed by atoms with Gasteiger partial charge in [-0.3, -0.25) is 0 Å². The Morgan fingerprint density at radius 2 is 2.00 bits per heavy atom. The molecule has 42 valence electrons. The molecule has 0 aromatic carbocycles. The second kappa shape index (κ2) is 7.46. The Kier molecular flexibility index (Phi) is 12.0. The van der Waals surface area contributed by atoms with Crippen molar-refractivity contribution in [3.63, 3.8) is 0 Å². The smallest absolute Gasteiger partial charge is 0.0555 e. The normalized spacial score (nSPS) is 12.4. The Bertz CT molecular complexity index is 32.1. The van der Waals surface area contributed by atoms with Gasteiger partial charge in [0, 0.05) is 34.9 Å². The molecule has 0 bridgehead atoms. The Morgan fingerprint density at radius 1 is 1.57 bits per heavy atom. The van der Waals surface area contributed by atoms with Crippen LogP contribution >= 0.6 is 25.3 Å². The van der Waals surface area contributed by atoms with Crippen LogP contribution in [-0.4, -0.2) is 46.6 Å². The SMILES string of the molecule is OCC(S)CS.[Sn]. The summed E-state index contributed by atoms with van der Waals surface area (Å²) in [5, 5.41) is 8.26. The fourth-order valence-corrected chi connectivity index (χ4v) is 0.173. The van der Waals surface area contributed by atoms with Gasteiger partial charge in [0.05, 0.1) is 6.61 Å². The maximum atomic E-state index is 8.21. The molecule has 0 fully saturated rings. The number of hydrogen-bond acceptors (Lipinski definition) is 3. The van der Waals surface area contributed by atoms with Crippen molar-refractivity contribution in [1.82, 2.24) is 0 Å². The number of thiol groups is 2. The van der Waals surface area contributed by atoms with Crippen molar-refractivity contribution < 1.29 is 5.11 Å². The summed E-state index contributed by atoms with van der Waals surface area (Å²) < 4.78 is 0. The number of rotatable bonds is 2. The van der Waals surface area contributed by atoms with Crippen LogP contribution in [0.5, 0.6) is 0 Å². The van der Waals surface area contributed by atoms with Crippen LogP contribution in [0, 0.1) is 0 Å². The Morgan fingerprint density at radius 3 is 2.00 bits per heavy atom. The van der Waals surface area contributed by atoms with Crippen LogP contribution in [0.25, 0.3) is 0 Å². The first-order valence-corrected chi connectivity index (χ1v) is 2.86. The summed E-state index contributed by atoms with van der Waals surface area (Å²) in [7, 11) is 0. The molecule has 1 N–H and O–H groups in total. The van der Waals surface area contributed by atoms with Gasteiger partial charge >= 0.3 is 0 Å². The van der Waals surface area contributed by atoms with E-state index >= 15 is 0 Å². The van der Waals surface area contributed by atoms with E-state index in [0.29, 0.717) is 5.75 Å². The van der Waals surface area contributed by atoms with Gasteiger partial charge in [-0.1, -0.05) is 0 Å². The second-order valence-corrected chi connectivity index (χ2v) is 2.11. The van der Waals surface area contributed by atoms with Crippen LogP contribution in [0.1, 0.15) is 0 Å². The van der Waals surface area contributed by atoms with Gasteiger partial charge in [0.15, 0.2) is 0 Å². The van der Waals surface area contributed by atoms with Crippen molar-refractivity contribution in [2.24, 2.45) is 0 Å². The first kappa shape index (κ1) is 11.3. The predicted octanol–water partition coefficient (Wildman–Crippen LogP) is -0.174. The van der Waals surface area contributed by atoms with Crippen LogP contribution in [0.2, 0.25) is 0 Å². The van der Waals surface area contributed by atoms with E-state index in [2.05, 4.69) is 25.3 Å². The average Bonchev–Trinajstić information content (AvgIpc) is 1.65. The second-order valence-electron chi connectivity index (χ2n) is 1.02. The number of aliphatic hydroxyl groups excluding tert-OH is 1. The minimum Gasteiger partial charge on any atom is -0.395 e. The topological polar surface area (TPSA) is 20.2 Å². The summed E-state index contributed by atoms with van der Waals surface area (Å²) in [6.07, 6.45) is 0.